The van der Waals surface area contributed by atoms with Crippen LogP contribution in [0.25, 0.3) is 0 Å². The maximum atomic E-state index is 12.8. The summed E-state index contributed by atoms with van der Waals surface area (Å²) in [5, 5.41) is 10.6. The number of halogens is 1. The molecule has 0 spiro atoms. The van der Waals surface area contributed by atoms with Gasteiger partial charge in [-0.1, -0.05) is 31.9 Å². The Morgan fingerprint density at radius 3 is 2.69 bits per heavy atom. The minimum atomic E-state index is -0.730. The second-order valence-corrected chi connectivity index (χ2v) is 4.91. The second kappa shape index (κ2) is 4.54. The van der Waals surface area contributed by atoms with E-state index in [4.69, 9.17) is 0 Å². The van der Waals surface area contributed by atoms with Crippen molar-refractivity contribution in [3.05, 3.63) is 35.6 Å². The van der Waals surface area contributed by atoms with Gasteiger partial charge in [0.2, 0.25) is 0 Å². The van der Waals surface area contributed by atoms with Crippen LogP contribution in [0, 0.1) is 11.7 Å². The van der Waals surface area contributed by atoms with E-state index < -0.39 is 5.60 Å². The van der Waals surface area contributed by atoms with Crippen molar-refractivity contribution in [1.29, 1.82) is 0 Å². The summed E-state index contributed by atoms with van der Waals surface area (Å²) in [4.78, 5) is 0. The molecule has 1 aromatic rings. The summed E-state index contributed by atoms with van der Waals surface area (Å²) in [5.74, 6) is 0.360. The van der Waals surface area contributed by atoms with Crippen LogP contribution < -0.4 is 0 Å². The fourth-order valence-electron chi connectivity index (χ4n) is 2.74. The average Bonchev–Trinajstić information content (AvgIpc) is 2.29. The molecule has 0 radical (unpaired) electrons. The van der Waals surface area contributed by atoms with Crippen LogP contribution in [0.5, 0.6) is 0 Å². The second-order valence-electron chi connectivity index (χ2n) is 4.91. The first-order valence-corrected chi connectivity index (χ1v) is 6.12. The van der Waals surface area contributed by atoms with Gasteiger partial charge in [-0.3, -0.25) is 0 Å². The van der Waals surface area contributed by atoms with Gasteiger partial charge < -0.3 is 5.11 Å². The Balaban J connectivity index is 2.20. The highest BCUT2D eigenvalue weighted by atomic mass is 19.1. The molecule has 1 aliphatic carbocycles. The molecule has 0 amide bonds. The SMILES string of the molecule is CCC1CCCC(O)(c2ccc(F)cc2)C1. The molecule has 2 atom stereocenters. The lowest BCUT2D eigenvalue weighted by atomic mass is 9.73. The van der Waals surface area contributed by atoms with Gasteiger partial charge in [0.15, 0.2) is 0 Å². The van der Waals surface area contributed by atoms with Crippen LogP contribution in [0.2, 0.25) is 0 Å². The fourth-order valence-corrected chi connectivity index (χ4v) is 2.74. The monoisotopic (exact) mass is 222 g/mol. The van der Waals surface area contributed by atoms with E-state index in [0.717, 1.165) is 31.2 Å². The zero-order chi connectivity index (χ0) is 11.6. The van der Waals surface area contributed by atoms with Crippen molar-refractivity contribution >= 4 is 0 Å². The van der Waals surface area contributed by atoms with Crippen molar-refractivity contribution in [3.8, 4) is 0 Å². The quantitative estimate of drug-likeness (QED) is 0.810. The number of aliphatic hydroxyl groups is 1. The van der Waals surface area contributed by atoms with Crippen LogP contribution in [-0.4, -0.2) is 5.11 Å². The van der Waals surface area contributed by atoms with Gasteiger partial charge in [-0.15, -0.1) is 0 Å². The van der Waals surface area contributed by atoms with Crippen LogP contribution in [0.15, 0.2) is 24.3 Å². The summed E-state index contributed by atoms with van der Waals surface area (Å²) in [6.07, 6.45) is 5.00. The van der Waals surface area contributed by atoms with E-state index in [1.54, 1.807) is 12.1 Å². The van der Waals surface area contributed by atoms with Crippen molar-refractivity contribution in [2.24, 2.45) is 5.92 Å². The average molecular weight is 222 g/mol. The van der Waals surface area contributed by atoms with Crippen molar-refractivity contribution in [2.75, 3.05) is 0 Å². The molecule has 0 aliphatic heterocycles. The van der Waals surface area contributed by atoms with Gasteiger partial charge in [-0.05, 0) is 42.9 Å². The topological polar surface area (TPSA) is 20.2 Å². The highest BCUT2D eigenvalue weighted by Gasteiger charge is 2.34. The molecule has 1 saturated carbocycles. The third-order valence-electron chi connectivity index (χ3n) is 3.79. The maximum absolute atomic E-state index is 12.8. The highest BCUT2D eigenvalue weighted by molar-refractivity contribution is 5.23. The summed E-state index contributed by atoms with van der Waals surface area (Å²) in [7, 11) is 0. The standard InChI is InChI=1S/C14H19FO/c1-2-11-4-3-9-14(16,10-11)12-5-7-13(15)8-6-12/h5-8,11,16H,2-4,9-10H2,1H3. The summed E-state index contributed by atoms with van der Waals surface area (Å²) < 4.78 is 12.8. The molecule has 0 bridgehead atoms. The molecule has 0 saturated heterocycles. The minimum Gasteiger partial charge on any atom is -0.385 e. The van der Waals surface area contributed by atoms with E-state index in [2.05, 4.69) is 6.92 Å². The first-order valence-electron chi connectivity index (χ1n) is 6.12. The predicted octanol–water partition coefficient (Wildman–Crippen LogP) is 3.61. The number of benzene rings is 1. The largest absolute Gasteiger partial charge is 0.385 e. The molecular formula is C14H19FO. The minimum absolute atomic E-state index is 0.241. The Labute approximate surface area is 96.3 Å². The summed E-state index contributed by atoms with van der Waals surface area (Å²) in [5.41, 5.74) is 0.138. The molecule has 1 aromatic carbocycles. The third kappa shape index (κ3) is 2.27. The van der Waals surface area contributed by atoms with Crippen molar-refractivity contribution in [1.82, 2.24) is 0 Å². The zero-order valence-corrected chi connectivity index (χ0v) is 9.75. The molecule has 1 N–H and O–H groups in total. The lowest BCUT2D eigenvalue weighted by Crippen LogP contribution is -2.32. The van der Waals surface area contributed by atoms with Crippen LogP contribution in [0.1, 0.15) is 44.6 Å². The molecule has 16 heavy (non-hydrogen) atoms. The molecule has 1 aliphatic rings. The third-order valence-corrected chi connectivity index (χ3v) is 3.79. The number of hydrogen-bond donors (Lipinski definition) is 1. The lowest BCUT2D eigenvalue weighted by molar-refractivity contribution is -0.0217. The molecule has 2 unspecified atom stereocenters. The van der Waals surface area contributed by atoms with Crippen molar-refractivity contribution in [3.63, 3.8) is 0 Å². The van der Waals surface area contributed by atoms with E-state index in [1.807, 2.05) is 0 Å². The highest BCUT2D eigenvalue weighted by Crippen LogP contribution is 2.40. The van der Waals surface area contributed by atoms with Gasteiger partial charge in [-0.25, -0.2) is 4.39 Å². The van der Waals surface area contributed by atoms with Crippen LogP contribution >= 0.6 is 0 Å². The van der Waals surface area contributed by atoms with Crippen LogP contribution in [0.3, 0.4) is 0 Å². The number of rotatable bonds is 2. The molecule has 88 valence electrons. The van der Waals surface area contributed by atoms with E-state index in [1.165, 1.54) is 18.6 Å². The van der Waals surface area contributed by atoms with E-state index in [-0.39, 0.29) is 5.82 Å². The maximum Gasteiger partial charge on any atom is 0.123 e. The first kappa shape index (κ1) is 11.6. The Kier molecular flexibility index (Phi) is 3.29. The van der Waals surface area contributed by atoms with Crippen LogP contribution in [0.4, 0.5) is 4.39 Å². The smallest absolute Gasteiger partial charge is 0.123 e. The number of hydrogen-bond acceptors (Lipinski definition) is 1. The van der Waals surface area contributed by atoms with Gasteiger partial charge in [0.25, 0.3) is 0 Å². The van der Waals surface area contributed by atoms with Crippen LogP contribution in [-0.2, 0) is 5.60 Å². The zero-order valence-electron chi connectivity index (χ0n) is 9.75. The normalized spacial score (nSPS) is 30.3. The van der Waals surface area contributed by atoms with E-state index >= 15 is 0 Å². The van der Waals surface area contributed by atoms with Gasteiger partial charge in [0.1, 0.15) is 5.82 Å². The molecule has 2 heteroatoms. The Morgan fingerprint density at radius 1 is 1.38 bits per heavy atom. The molecule has 2 rings (SSSR count). The van der Waals surface area contributed by atoms with E-state index in [0.29, 0.717) is 5.92 Å². The van der Waals surface area contributed by atoms with Crippen molar-refractivity contribution < 1.29 is 9.50 Å². The summed E-state index contributed by atoms with van der Waals surface area (Å²) in [6, 6.07) is 6.30. The first-order chi connectivity index (χ1) is 7.64. The summed E-state index contributed by atoms with van der Waals surface area (Å²) >= 11 is 0. The van der Waals surface area contributed by atoms with E-state index in [9.17, 15) is 9.50 Å². The van der Waals surface area contributed by atoms with Crippen molar-refractivity contribution in [2.45, 2.75) is 44.6 Å². The molecule has 0 heterocycles. The molecule has 0 aromatic heterocycles. The Bertz CT molecular complexity index is 346. The van der Waals surface area contributed by atoms with Gasteiger partial charge in [0, 0.05) is 0 Å². The molecular weight excluding hydrogens is 203 g/mol. The van der Waals surface area contributed by atoms with Gasteiger partial charge in [0.05, 0.1) is 5.60 Å². The Hall–Kier alpha value is -0.890. The summed E-state index contributed by atoms with van der Waals surface area (Å²) in [6.45, 7) is 2.17. The predicted molar refractivity (Wildman–Crippen MR) is 62.5 cm³/mol. The fraction of sp³-hybridized carbons (Fsp3) is 0.571. The Morgan fingerprint density at radius 2 is 2.06 bits per heavy atom. The van der Waals surface area contributed by atoms with Gasteiger partial charge in [-0.2, -0.15) is 0 Å². The molecule has 1 nitrogen and oxygen atoms in total. The molecule has 1 fully saturated rings. The lowest BCUT2D eigenvalue weighted by Gasteiger charge is -2.37. The van der Waals surface area contributed by atoms with Gasteiger partial charge >= 0.3 is 0 Å².